The first kappa shape index (κ1) is 6.55. The molecule has 3 N–H and O–H groups in total. The first-order chi connectivity index (χ1) is 4.20. The van der Waals surface area contributed by atoms with Crippen molar-refractivity contribution in [2.24, 2.45) is 5.73 Å². The molecule has 0 aromatic rings. The number of nitrogens with one attached hydrogen (secondary N) is 1. The summed E-state index contributed by atoms with van der Waals surface area (Å²) in [5.74, 6) is -0.00579. The topological polar surface area (TPSA) is 55.1 Å². The number of rotatable bonds is 0. The van der Waals surface area contributed by atoms with Crippen LogP contribution in [0.15, 0.2) is 0 Å². The zero-order chi connectivity index (χ0) is 6.85. The van der Waals surface area contributed by atoms with E-state index in [-0.39, 0.29) is 11.9 Å². The predicted octanol–water partition coefficient (Wildman–Crippen LogP) is -0.388. The van der Waals surface area contributed by atoms with Crippen LogP contribution in [0.25, 0.3) is 0 Å². The molecule has 1 rings (SSSR count). The van der Waals surface area contributed by atoms with Gasteiger partial charge in [0.1, 0.15) is 0 Å². The van der Waals surface area contributed by atoms with Crippen LogP contribution in [0.2, 0.25) is 0 Å². The van der Waals surface area contributed by atoms with Crippen molar-refractivity contribution in [2.75, 3.05) is 0 Å². The first-order valence-electron chi connectivity index (χ1n) is 3.26. The smallest absolute Gasteiger partial charge is 0.237 e. The average molecular weight is 128 g/mol. The Morgan fingerprint density at radius 3 is 2.78 bits per heavy atom. The highest BCUT2D eigenvalue weighted by atomic mass is 16.2. The highest BCUT2D eigenvalue weighted by Gasteiger charge is 2.21. The third kappa shape index (κ3) is 1.42. The minimum atomic E-state index is -0.263. The minimum absolute atomic E-state index is 0.00579. The summed E-state index contributed by atoms with van der Waals surface area (Å²) in [7, 11) is 0. The van der Waals surface area contributed by atoms with Crippen LogP contribution < -0.4 is 11.1 Å². The van der Waals surface area contributed by atoms with E-state index >= 15 is 0 Å². The molecular weight excluding hydrogens is 116 g/mol. The zero-order valence-corrected chi connectivity index (χ0v) is 5.55. The maximum Gasteiger partial charge on any atom is 0.237 e. The molecule has 3 heteroatoms. The Morgan fingerprint density at radius 1 is 1.67 bits per heavy atom. The van der Waals surface area contributed by atoms with E-state index in [1.54, 1.807) is 0 Å². The van der Waals surface area contributed by atoms with Gasteiger partial charge in [-0.15, -0.1) is 0 Å². The molecule has 0 bridgehead atoms. The van der Waals surface area contributed by atoms with E-state index in [9.17, 15) is 4.79 Å². The number of piperidine rings is 1. The van der Waals surface area contributed by atoms with Crippen LogP contribution in [-0.4, -0.2) is 18.0 Å². The Hall–Kier alpha value is -0.570. The van der Waals surface area contributed by atoms with E-state index < -0.39 is 0 Å². The van der Waals surface area contributed by atoms with Crippen molar-refractivity contribution in [1.29, 1.82) is 0 Å². The van der Waals surface area contributed by atoms with Gasteiger partial charge in [-0.05, 0) is 19.8 Å². The number of nitrogens with two attached hydrogens (primary N) is 1. The number of carbonyl (C=O) groups is 1. The van der Waals surface area contributed by atoms with Gasteiger partial charge in [-0.25, -0.2) is 0 Å². The summed E-state index contributed by atoms with van der Waals surface area (Å²) in [5, 5.41) is 2.77. The summed E-state index contributed by atoms with van der Waals surface area (Å²) in [5.41, 5.74) is 5.43. The molecular formula is C6H12N2O. The van der Waals surface area contributed by atoms with Gasteiger partial charge in [0, 0.05) is 6.04 Å². The molecule has 0 saturated carbocycles. The summed E-state index contributed by atoms with van der Waals surface area (Å²) in [6.45, 7) is 1.99. The normalized spacial score (nSPS) is 36.0. The lowest BCUT2D eigenvalue weighted by molar-refractivity contribution is -0.124. The largest absolute Gasteiger partial charge is 0.352 e. The zero-order valence-electron chi connectivity index (χ0n) is 5.55. The maximum absolute atomic E-state index is 10.8. The number of hydrogen-bond acceptors (Lipinski definition) is 2. The molecule has 52 valence electrons. The molecule has 2 atom stereocenters. The van der Waals surface area contributed by atoms with Gasteiger partial charge >= 0.3 is 0 Å². The number of hydrogen-bond donors (Lipinski definition) is 2. The fourth-order valence-electron chi connectivity index (χ4n) is 0.983. The number of carbonyl (C=O) groups excluding carboxylic acids is 1. The Labute approximate surface area is 54.6 Å². The molecule has 0 aromatic heterocycles. The van der Waals surface area contributed by atoms with Crippen LogP contribution in [-0.2, 0) is 4.79 Å². The van der Waals surface area contributed by atoms with E-state index in [1.807, 2.05) is 6.92 Å². The lowest BCUT2D eigenvalue weighted by atomic mass is 10.0. The second kappa shape index (κ2) is 2.35. The molecule has 0 spiro atoms. The first-order valence-corrected chi connectivity index (χ1v) is 3.26. The molecule has 9 heavy (non-hydrogen) atoms. The SMILES string of the molecule is C[C@@H]1CC[C@H](N)C(=O)N1. The van der Waals surface area contributed by atoms with E-state index in [2.05, 4.69) is 5.32 Å². The molecule has 0 radical (unpaired) electrons. The molecule has 1 saturated heterocycles. The summed E-state index contributed by atoms with van der Waals surface area (Å²) in [6, 6.07) is 0.0542. The van der Waals surface area contributed by atoms with E-state index in [0.717, 1.165) is 12.8 Å². The quantitative estimate of drug-likeness (QED) is 0.467. The number of amides is 1. The fourth-order valence-corrected chi connectivity index (χ4v) is 0.983. The molecule has 0 unspecified atom stereocenters. The van der Waals surface area contributed by atoms with Crippen molar-refractivity contribution >= 4 is 5.91 Å². The van der Waals surface area contributed by atoms with Crippen molar-refractivity contribution in [2.45, 2.75) is 31.8 Å². The van der Waals surface area contributed by atoms with E-state index in [0.29, 0.717) is 6.04 Å². The molecule has 1 heterocycles. The van der Waals surface area contributed by atoms with Crippen molar-refractivity contribution in [1.82, 2.24) is 5.32 Å². The monoisotopic (exact) mass is 128 g/mol. The standard InChI is InChI=1S/C6H12N2O/c1-4-2-3-5(7)6(9)8-4/h4-5H,2-3,7H2,1H3,(H,8,9)/t4-,5+/m1/s1. The summed E-state index contributed by atoms with van der Waals surface area (Å²) < 4.78 is 0. The van der Waals surface area contributed by atoms with Gasteiger partial charge in [0.25, 0.3) is 0 Å². The van der Waals surface area contributed by atoms with Gasteiger partial charge in [-0.2, -0.15) is 0 Å². The van der Waals surface area contributed by atoms with Gasteiger partial charge in [0.15, 0.2) is 0 Å². The van der Waals surface area contributed by atoms with Crippen LogP contribution >= 0.6 is 0 Å². The van der Waals surface area contributed by atoms with Crippen molar-refractivity contribution in [3.8, 4) is 0 Å². The third-order valence-electron chi connectivity index (χ3n) is 1.64. The Kier molecular flexibility index (Phi) is 1.71. The van der Waals surface area contributed by atoms with Gasteiger partial charge in [-0.3, -0.25) is 4.79 Å². The lowest BCUT2D eigenvalue weighted by Crippen LogP contribution is -2.49. The van der Waals surface area contributed by atoms with Gasteiger partial charge < -0.3 is 11.1 Å². The lowest BCUT2D eigenvalue weighted by Gasteiger charge is -2.23. The second-order valence-electron chi connectivity index (χ2n) is 2.59. The molecule has 1 aliphatic rings. The molecule has 1 amide bonds. The van der Waals surface area contributed by atoms with Gasteiger partial charge in [0.05, 0.1) is 6.04 Å². The summed E-state index contributed by atoms with van der Waals surface area (Å²) >= 11 is 0. The predicted molar refractivity (Wildman–Crippen MR) is 34.8 cm³/mol. The molecule has 3 nitrogen and oxygen atoms in total. The Balaban J connectivity index is 2.44. The van der Waals surface area contributed by atoms with Crippen molar-refractivity contribution < 1.29 is 4.79 Å². The third-order valence-corrected chi connectivity index (χ3v) is 1.64. The maximum atomic E-state index is 10.8. The average Bonchev–Trinajstić information content (AvgIpc) is 1.80. The van der Waals surface area contributed by atoms with Crippen molar-refractivity contribution in [3.05, 3.63) is 0 Å². The van der Waals surface area contributed by atoms with Crippen LogP contribution in [0.5, 0.6) is 0 Å². The molecule has 0 aliphatic carbocycles. The minimum Gasteiger partial charge on any atom is -0.352 e. The van der Waals surface area contributed by atoms with Crippen LogP contribution in [0.1, 0.15) is 19.8 Å². The Morgan fingerprint density at radius 2 is 2.33 bits per heavy atom. The van der Waals surface area contributed by atoms with Crippen LogP contribution in [0, 0.1) is 0 Å². The fraction of sp³-hybridized carbons (Fsp3) is 0.833. The van der Waals surface area contributed by atoms with Gasteiger partial charge in [-0.1, -0.05) is 0 Å². The van der Waals surface area contributed by atoms with Crippen LogP contribution in [0.4, 0.5) is 0 Å². The van der Waals surface area contributed by atoms with Crippen molar-refractivity contribution in [3.63, 3.8) is 0 Å². The second-order valence-corrected chi connectivity index (χ2v) is 2.59. The summed E-state index contributed by atoms with van der Waals surface area (Å²) in [6.07, 6.45) is 1.83. The molecule has 0 aromatic carbocycles. The molecule has 1 aliphatic heterocycles. The Bertz CT molecular complexity index is 124. The highest BCUT2D eigenvalue weighted by molar-refractivity contribution is 5.82. The van der Waals surface area contributed by atoms with E-state index in [4.69, 9.17) is 5.73 Å². The van der Waals surface area contributed by atoms with Gasteiger partial charge in [0.2, 0.25) is 5.91 Å². The highest BCUT2D eigenvalue weighted by Crippen LogP contribution is 2.05. The molecule has 1 fully saturated rings. The van der Waals surface area contributed by atoms with E-state index in [1.165, 1.54) is 0 Å². The van der Waals surface area contributed by atoms with Crippen LogP contribution in [0.3, 0.4) is 0 Å². The summed E-state index contributed by atoms with van der Waals surface area (Å²) in [4.78, 5) is 10.8.